The van der Waals surface area contributed by atoms with Crippen LogP contribution < -0.4 is 5.32 Å². The van der Waals surface area contributed by atoms with E-state index < -0.39 is 10.8 Å². The van der Waals surface area contributed by atoms with Gasteiger partial charge in [0.25, 0.3) is 11.6 Å². The van der Waals surface area contributed by atoms with Crippen LogP contribution in [-0.4, -0.2) is 28.3 Å². The quantitative estimate of drug-likeness (QED) is 0.377. The van der Waals surface area contributed by atoms with Gasteiger partial charge in [0.2, 0.25) is 0 Å². The fourth-order valence-corrected chi connectivity index (χ4v) is 4.89. The van der Waals surface area contributed by atoms with Gasteiger partial charge in [0.05, 0.1) is 4.92 Å². The Morgan fingerprint density at radius 2 is 2.07 bits per heavy atom. The molecule has 0 spiro atoms. The van der Waals surface area contributed by atoms with E-state index in [1.165, 1.54) is 18.2 Å². The Morgan fingerprint density at radius 1 is 1.37 bits per heavy atom. The predicted octanol–water partition coefficient (Wildman–Crippen LogP) is 3.84. The monoisotopic (exact) mass is 368 g/mol. The molecule has 1 saturated heterocycles. The summed E-state index contributed by atoms with van der Waals surface area (Å²) >= 11 is 0. The summed E-state index contributed by atoms with van der Waals surface area (Å²) in [6.07, 6.45) is 4.81. The van der Waals surface area contributed by atoms with Gasteiger partial charge in [-0.25, -0.2) is 0 Å². The Balaban J connectivity index is 1.81. The molecule has 2 bridgehead atoms. The molecule has 2 unspecified atom stereocenters. The first-order valence-electron chi connectivity index (χ1n) is 9.05. The summed E-state index contributed by atoms with van der Waals surface area (Å²) in [7, 11) is 0. The van der Waals surface area contributed by atoms with Gasteiger partial charge in [-0.3, -0.25) is 14.9 Å². The van der Waals surface area contributed by atoms with E-state index in [1.54, 1.807) is 12.3 Å². The number of nitrogens with zero attached hydrogens (tertiary/aromatic N) is 3. The molecule has 1 saturated carbocycles. The van der Waals surface area contributed by atoms with Gasteiger partial charge in [0, 0.05) is 24.9 Å². The molecular weight excluding hydrogens is 344 g/mol. The van der Waals surface area contributed by atoms with Crippen LogP contribution in [0.3, 0.4) is 0 Å². The van der Waals surface area contributed by atoms with Crippen molar-refractivity contribution in [2.24, 2.45) is 10.8 Å². The van der Waals surface area contributed by atoms with Crippen LogP contribution in [0.15, 0.2) is 36.0 Å². The molecule has 27 heavy (non-hydrogen) atoms. The second-order valence-corrected chi connectivity index (χ2v) is 8.77. The molecule has 7 heteroatoms. The highest BCUT2D eigenvalue weighted by molar-refractivity contribution is 6.07. The third-order valence-corrected chi connectivity index (χ3v) is 5.46. The molecule has 1 aliphatic carbocycles. The number of carbonyl (C=O) groups is 1. The van der Waals surface area contributed by atoms with Crippen molar-refractivity contribution in [2.75, 3.05) is 11.9 Å². The summed E-state index contributed by atoms with van der Waals surface area (Å²) in [5.41, 5.74) is 0.261. The van der Waals surface area contributed by atoms with Gasteiger partial charge in [-0.15, -0.1) is 0 Å². The molecular formula is C20H24N4O3. The summed E-state index contributed by atoms with van der Waals surface area (Å²) in [5, 5.41) is 23.1. The molecule has 0 aromatic heterocycles. The van der Waals surface area contributed by atoms with Gasteiger partial charge < -0.3 is 10.2 Å². The van der Waals surface area contributed by atoms with Crippen molar-refractivity contribution in [1.82, 2.24) is 4.90 Å². The lowest BCUT2D eigenvalue weighted by Crippen LogP contribution is -2.33. The lowest BCUT2D eigenvalue weighted by molar-refractivity contribution is -0.383. The van der Waals surface area contributed by atoms with Gasteiger partial charge >= 0.3 is 0 Å². The topological polar surface area (TPSA) is 99.3 Å². The number of nitro benzene ring substituents is 1. The van der Waals surface area contributed by atoms with Crippen LogP contribution >= 0.6 is 0 Å². The number of likely N-dealkylation sites (tertiary alicyclic amines) is 1. The lowest BCUT2D eigenvalue weighted by atomic mass is 9.65. The predicted molar refractivity (Wildman–Crippen MR) is 102 cm³/mol. The van der Waals surface area contributed by atoms with Gasteiger partial charge in [-0.05, 0) is 36.2 Å². The third kappa shape index (κ3) is 3.95. The maximum atomic E-state index is 12.6. The standard InChI is InChI=1S/C20H24N4O3/c1-19(2)8-15-9-20(3,12-19)13-23(15)11-14(10-21)18(25)22-16-6-4-5-7-17(16)24(26)27/h4-7,11,15H,8-9,12-13H2,1-3H3,(H,22,25)/b14-11-. The van der Waals surface area contributed by atoms with Crippen molar-refractivity contribution >= 4 is 17.3 Å². The average Bonchev–Trinajstić information content (AvgIpc) is 2.80. The first-order valence-corrected chi connectivity index (χ1v) is 9.05. The third-order valence-electron chi connectivity index (χ3n) is 5.46. The number of carbonyl (C=O) groups excluding carboxylic acids is 1. The van der Waals surface area contributed by atoms with Crippen molar-refractivity contribution < 1.29 is 9.72 Å². The summed E-state index contributed by atoms with van der Waals surface area (Å²) in [5.74, 6) is -0.627. The van der Waals surface area contributed by atoms with Crippen molar-refractivity contribution in [3.8, 4) is 6.07 Å². The van der Waals surface area contributed by atoms with Crippen LogP contribution in [0.2, 0.25) is 0 Å². The molecule has 2 fully saturated rings. The van der Waals surface area contributed by atoms with Crippen LogP contribution in [0.25, 0.3) is 0 Å². The van der Waals surface area contributed by atoms with Crippen LogP contribution in [0.1, 0.15) is 40.0 Å². The first kappa shape index (κ1) is 18.9. The minimum absolute atomic E-state index is 0.0397. The Hall–Kier alpha value is -2.88. The van der Waals surface area contributed by atoms with E-state index in [0.29, 0.717) is 6.04 Å². The Kier molecular flexibility index (Phi) is 4.68. The zero-order valence-electron chi connectivity index (χ0n) is 15.9. The number of nitriles is 1. The number of fused-ring (bicyclic) bond motifs is 2. The number of nitro groups is 1. The van der Waals surface area contributed by atoms with Crippen molar-refractivity contribution in [2.45, 2.75) is 46.1 Å². The fourth-order valence-electron chi connectivity index (χ4n) is 4.89. The number of anilines is 1. The number of nitrogens with one attached hydrogen (secondary N) is 1. The molecule has 142 valence electrons. The summed E-state index contributed by atoms with van der Waals surface area (Å²) in [6, 6.07) is 8.16. The molecule has 0 radical (unpaired) electrons. The molecule has 1 aromatic carbocycles. The molecule has 1 amide bonds. The molecule has 1 aromatic rings. The van der Waals surface area contributed by atoms with Crippen molar-refractivity contribution in [3.63, 3.8) is 0 Å². The first-order chi connectivity index (χ1) is 12.6. The van der Waals surface area contributed by atoms with E-state index in [1.807, 2.05) is 6.07 Å². The number of para-hydroxylation sites is 2. The number of rotatable bonds is 4. The van der Waals surface area contributed by atoms with Gasteiger partial charge in [0.15, 0.2) is 0 Å². The van der Waals surface area contributed by atoms with Crippen molar-refractivity contribution in [3.05, 3.63) is 46.2 Å². The van der Waals surface area contributed by atoms with Gasteiger partial charge in [-0.1, -0.05) is 32.9 Å². The Morgan fingerprint density at radius 3 is 2.74 bits per heavy atom. The maximum Gasteiger partial charge on any atom is 0.292 e. The second-order valence-electron chi connectivity index (χ2n) is 8.77. The molecule has 2 aliphatic rings. The average molecular weight is 368 g/mol. The molecule has 3 rings (SSSR count). The zero-order chi connectivity index (χ0) is 19.8. The number of hydrogen-bond acceptors (Lipinski definition) is 5. The normalized spacial score (nSPS) is 26.4. The van der Waals surface area contributed by atoms with E-state index in [-0.39, 0.29) is 27.8 Å². The fraction of sp³-hybridized carbons (Fsp3) is 0.500. The van der Waals surface area contributed by atoms with Crippen LogP contribution in [0, 0.1) is 32.3 Å². The molecule has 1 aliphatic heterocycles. The molecule has 1 heterocycles. The van der Waals surface area contributed by atoms with E-state index in [4.69, 9.17) is 0 Å². The number of benzene rings is 1. The molecule has 7 nitrogen and oxygen atoms in total. The van der Waals surface area contributed by atoms with E-state index in [0.717, 1.165) is 25.8 Å². The van der Waals surface area contributed by atoms with Crippen LogP contribution in [0.5, 0.6) is 0 Å². The van der Waals surface area contributed by atoms with E-state index in [9.17, 15) is 20.2 Å². The summed E-state index contributed by atoms with van der Waals surface area (Å²) in [4.78, 5) is 25.2. The Labute approximate surface area is 158 Å². The highest BCUT2D eigenvalue weighted by Gasteiger charge is 2.48. The summed E-state index contributed by atoms with van der Waals surface area (Å²) in [6.45, 7) is 7.59. The minimum Gasteiger partial charge on any atom is -0.373 e. The SMILES string of the molecule is CC1(C)CC2CC(C)(CN2/C=C(/C#N)C(=O)Nc2ccccc2[N+](=O)[O-])C1. The van der Waals surface area contributed by atoms with Crippen LogP contribution in [-0.2, 0) is 4.79 Å². The second kappa shape index (κ2) is 6.69. The Bertz CT molecular complexity index is 855. The lowest BCUT2D eigenvalue weighted by Gasteiger charge is -2.39. The number of hydrogen-bond donors (Lipinski definition) is 1. The van der Waals surface area contributed by atoms with Crippen molar-refractivity contribution in [1.29, 1.82) is 5.26 Å². The highest BCUT2D eigenvalue weighted by atomic mass is 16.6. The molecule has 1 N–H and O–H groups in total. The van der Waals surface area contributed by atoms with Gasteiger partial charge in [-0.2, -0.15) is 5.26 Å². The van der Waals surface area contributed by atoms with E-state index in [2.05, 4.69) is 31.0 Å². The molecule has 2 atom stereocenters. The van der Waals surface area contributed by atoms with Gasteiger partial charge in [0.1, 0.15) is 17.3 Å². The minimum atomic E-state index is -0.627. The summed E-state index contributed by atoms with van der Waals surface area (Å²) < 4.78 is 0. The van der Waals surface area contributed by atoms with E-state index >= 15 is 0 Å². The number of amides is 1. The maximum absolute atomic E-state index is 12.6. The smallest absolute Gasteiger partial charge is 0.292 e. The largest absolute Gasteiger partial charge is 0.373 e. The zero-order valence-corrected chi connectivity index (χ0v) is 15.9. The highest BCUT2D eigenvalue weighted by Crippen LogP contribution is 2.52. The van der Waals surface area contributed by atoms with Crippen LogP contribution in [0.4, 0.5) is 11.4 Å².